The van der Waals surface area contributed by atoms with Crippen molar-refractivity contribution in [2.24, 2.45) is 5.92 Å². The largest absolute Gasteiger partial charge is 0.481 e. The average molecular weight is 287 g/mol. The molecule has 110 valence electrons. The number of likely N-dealkylation sites (tertiary alicyclic amines) is 1. The van der Waals surface area contributed by atoms with E-state index in [4.69, 9.17) is 10.4 Å². The van der Waals surface area contributed by atoms with E-state index in [1.807, 2.05) is 0 Å². The minimum Gasteiger partial charge on any atom is -0.481 e. The summed E-state index contributed by atoms with van der Waals surface area (Å²) < 4.78 is 0. The lowest BCUT2D eigenvalue weighted by atomic mass is 9.97. The molecule has 1 aromatic carbocycles. The third-order valence-corrected chi connectivity index (χ3v) is 3.62. The number of nitrogens with one attached hydrogen (secondary N) is 1. The molecule has 2 rings (SSSR count). The highest BCUT2D eigenvalue weighted by Gasteiger charge is 2.26. The summed E-state index contributed by atoms with van der Waals surface area (Å²) in [7, 11) is 0. The van der Waals surface area contributed by atoms with E-state index < -0.39 is 5.97 Å². The van der Waals surface area contributed by atoms with Gasteiger partial charge in [-0.15, -0.1) is 0 Å². The van der Waals surface area contributed by atoms with Crippen LogP contribution in [0.15, 0.2) is 24.3 Å². The fourth-order valence-electron chi connectivity index (χ4n) is 2.33. The van der Waals surface area contributed by atoms with Crippen molar-refractivity contribution in [1.29, 1.82) is 5.26 Å². The number of carboxylic acid groups (broad SMARTS) is 1. The monoisotopic (exact) mass is 287 g/mol. The smallest absolute Gasteiger partial charge is 0.321 e. The van der Waals surface area contributed by atoms with Crippen molar-refractivity contribution in [3.05, 3.63) is 29.8 Å². The van der Waals surface area contributed by atoms with E-state index in [2.05, 4.69) is 11.4 Å². The lowest BCUT2D eigenvalue weighted by Gasteiger charge is -2.30. The highest BCUT2D eigenvalue weighted by molar-refractivity contribution is 5.89. The Labute approximate surface area is 123 Å². The second-order valence-corrected chi connectivity index (χ2v) is 5.06. The molecule has 0 aliphatic carbocycles. The molecule has 1 aromatic rings. The Morgan fingerprint density at radius 1 is 1.29 bits per heavy atom. The molecule has 1 aliphatic heterocycles. The fourth-order valence-corrected chi connectivity index (χ4v) is 2.33. The van der Waals surface area contributed by atoms with Gasteiger partial charge >= 0.3 is 12.0 Å². The molecule has 2 amide bonds. The normalized spacial score (nSPS) is 15.3. The Morgan fingerprint density at radius 3 is 2.43 bits per heavy atom. The van der Waals surface area contributed by atoms with Crippen molar-refractivity contribution < 1.29 is 14.7 Å². The minimum atomic E-state index is -0.789. The second kappa shape index (κ2) is 6.75. The van der Waals surface area contributed by atoms with Crippen molar-refractivity contribution >= 4 is 17.7 Å². The zero-order valence-electron chi connectivity index (χ0n) is 11.6. The maximum absolute atomic E-state index is 12.1. The summed E-state index contributed by atoms with van der Waals surface area (Å²) in [6.07, 6.45) is 1.32. The van der Waals surface area contributed by atoms with E-state index in [0.29, 0.717) is 38.0 Å². The number of hydrogen-bond donors (Lipinski definition) is 2. The van der Waals surface area contributed by atoms with Crippen LogP contribution < -0.4 is 5.32 Å². The quantitative estimate of drug-likeness (QED) is 0.890. The minimum absolute atomic E-state index is 0.216. The van der Waals surface area contributed by atoms with Gasteiger partial charge in [0.05, 0.1) is 18.4 Å². The van der Waals surface area contributed by atoms with Crippen LogP contribution in [-0.2, 0) is 11.2 Å². The number of aliphatic carboxylic acids is 1. The van der Waals surface area contributed by atoms with Crippen molar-refractivity contribution in [3.63, 3.8) is 0 Å². The van der Waals surface area contributed by atoms with Crippen molar-refractivity contribution in [3.8, 4) is 6.07 Å². The SMILES string of the molecule is N#CCc1ccc(NC(=O)N2CCC(C(=O)O)CC2)cc1. The Balaban J connectivity index is 1.87. The number of rotatable bonds is 3. The number of nitriles is 1. The van der Waals surface area contributed by atoms with E-state index in [9.17, 15) is 9.59 Å². The van der Waals surface area contributed by atoms with E-state index in [1.54, 1.807) is 29.2 Å². The molecule has 0 atom stereocenters. The molecule has 1 aliphatic rings. The van der Waals surface area contributed by atoms with Gasteiger partial charge in [-0.3, -0.25) is 4.79 Å². The molecule has 0 radical (unpaired) electrons. The standard InChI is InChI=1S/C15H17N3O3/c16-8-5-11-1-3-13(4-2-11)17-15(21)18-9-6-12(7-10-18)14(19)20/h1-4,12H,5-7,9-10H2,(H,17,21)(H,19,20). The summed E-state index contributed by atoms with van der Waals surface area (Å²) in [5.41, 5.74) is 1.57. The zero-order valence-corrected chi connectivity index (χ0v) is 11.6. The number of benzene rings is 1. The van der Waals surface area contributed by atoms with Crippen LogP contribution in [0.2, 0.25) is 0 Å². The lowest BCUT2D eigenvalue weighted by molar-refractivity contribution is -0.143. The van der Waals surface area contributed by atoms with Gasteiger partial charge in [-0.2, -0.15) is 5.26 Å². The third-order valence-electron chi connectivity index (χ3n) is 3.62. The molecule has 1 fully saturated rings. The predicted molar refractivity (Wildman–Crippen MR) is 76.7 cm³/mol. The van der Waals surface area contributed by atoms with E-state index in [1.165, 1.54) is 0 Å². The van der Waals surface area contributed by atoms with E-state index in [-0.39, 0.29) is 11.9 Å². The molecule has 1 heterocycles. The molecule has 0 saturated carbocycles. The molecule has 0 unspecified atom stereocenters. The number of amides is 2. The summed E-state index contributed by atoms with van der Waals surface area (Å²) in [5.74, 6) is -1.14. The molecular formula is C15H17N3O3. The molecule has 1 saturated heterocycles. The van der Waals surface area contributed by atoms with Gasteiger partial charge in [0.1, 0.15) is 0 Å². The number of carbonyl (C=O) groups excluding carboxylic acids is 1. The zero-order chi connectivity index (χ0) is 15.2. The second-order valence-electron chi connectivity index (χ2n) is 5.06. The summed E-state index contributed by atoms with van der Waals surface area (Å²) >= 11 is 0. The van der Waals surface area contributed by atoms with Crippen LogP contribution in [0.4, 0.5) is 10.5 Å². The predicted octanol–water partition coefficient (Wildman–Crippen LogP) is 2.08. The Hall–Kier alpha value is -2.55. The Morgan fingerprint density at radius 2 is 1.90 bits per heavy atom. The van der Waals surface area contributed by atoms with Gasteiger partial charge < -0.3 is 15.3 Å². The van der Waals surface area contributed by atoms with E-state index in [0.717, 1.165) is 5.56 Å². The maximum atomic E-state index is 12.1. The molecule has 2 N–H and O–H groups in total. The number of hydrogen-bond acceptors (Lipinski definition) is 3. The van der Waals surface area contributed by atoms with Crippen molar-refractivity contribution in [1.82, 2.24) is 4.90 Å². The van der Waals surface area contributed by atoms with Gasteiger partial charge in [0.2, 0.25) is 0 Å². The van der Waals surface area contributed by atoms with Crippen LogP contribution in [0.25, 0.3) is 0 Å². The van der Waals surface area contributed by atoms with Crippen LogP contribution >= 0.6 is 0 Å². The number of carboxylic acids is 1. The van der Waals surface area contributed by atoms with Crippen LogP contribution in [0.5, 0.6) is 0 Å². The highest BCUT2D eigenvalue weighted by atomic mass is 16.4. The van der Waals surface area contributed by atoms with Crippen molar-refractivity contribution in [2.45, 2.75) is 19.3 Å². The molecule has 6 nitrogen and oxygen atoms in total. The number of urea groups is 1. The fraction of sp³-hybridized carbons (Fsp3) is 0.400. The van der Waals surface area contributed by atoms with Gasteiger partial charge in [0.15, 0.2) is 0 Å². The summed E-state index contributed by atoms with van der Waals surface area (Å²) in [4.78, 5) is 24.6. The van der Waals surface area contributed by atoms with Crippen molar-refractivity contribution in [2.75, 3.05) is 18.4 Å². The summed E-state index contributed by atoms with van der Waals surface area (Å²) in [5, 5.41) is 20.3. The molecule has 0 bridgehead atoms. The van der Waals surface area contributed by atoms with Gasteiger partial charge in [-0.25, -0.2) is 4.79 Å². The Kier molecular flexibility index (Phi) is 4.77. The topological polar surface area (TPSA) is 93.4 Å². The summed E-state index contributed by atoms with van der Waals surface area (Å²) in [6, 6.07) is 8.97. The molecule has 0 spiro atoms. The molecule has 21 heavy (non-hydrogen) atoms. The maximum Gasteiger partial charge on any atom is 0.321 e. The number of piperidine rings is 1. The number of nitrogens with zero attached hydrogens (tertiary/aromatic N) is 2. The van der Waals surface area contributed by atoms with Crippen LogP contribution in [-0.4, -0.2) is 35.1 Å². The first kappa shape index (κ1) is 14.9. The Bertz CT molecular complexity index is 555. The van der Waals surface area contributed by atoms with Gasteiger partial charge in [-0.1, -0.05) is 12.1 Å². The lowest BCUT2D eigenvalue weighted by Crippen LogP contribution is -2.42. The van der Waals surface area contributed by atoms with Gasteiger partial charge in [0, 0.05) is 18.8 Å². The van der Waals surface area contributed by atoms with Gasteiger partial charge in [-0.05, 0) is 30.5 Å². The first-order valence-corrected chi connectivity index (χ1v) is 6.85. The highest BCUT2D eigenvalue weighted by Crippen LogP contribution is 2.18. The number of anilines is 1. The molecular weight excluding hydrogens is 270 g/mol. The van der Waals surface area contributed by atoms with Crippen LogP contribution in [0.1, 0.15) is 18.4 Å². The average Bonchev–Trinajstić information content (AvgIpc) is 2.49. The number of carbonyl (C=O) groups is 2. The molecule has 6 heteroatoms. The third kappa shape index (κ3) is 3.96. The molecule has 0 aromatic heterocycles. The first-order chi connectivity index (χ1) is 10.1. The van der Waals surface area contributed by atoms with Crippen LogP contribution in [0.3, 0.4) is 0 Å². The van der Waals surface area contributed by atoms with Crippen LogP contribution in [0, 0.1) is 17.2 Å². The van der Waals surface area contributed by atoms with Gasteiger partial charge in [0.25, 0.3) is 0 Å². The first-order valence-electron chi connectivity index (χ1n) is 6.85. The van der Waals surface area contributed by atoms with E-state index >= 15 is 0 Å². The summed E-state index contributed by atoms with van der Waals surface area (Å²) in [6.45, 7) is 0.907.